The van der Waals surface area contributed by atoms with Crippen molar-refractivity contribution in [3.63, 3.8) is 0 Å². The maximum Gasteiger partial charge on any atom is 0.248 e. The highest BCUT2D eigenvalue weighted by molar-refractivity contribution is 9.10. The Morgan fingerprint density at radius 2 is 1.95 bits per heavy atom. The third kappa shape index (κ3) is 3.23. The second-order valence-corrected chi connectivity index (χ2v) is 4.74. The number of hydrogen-bond acceptors (Lipinski definition) is 3. The van der Waals surface area contributed by atoms with Crippen LogP contribution in [0.1, 0.15) is 10.4 Å². The maximum atomic E-state index is 13.2. The lowest BCUT2D eigenvalue weighted by Gasteiger charge is -2.09. The Bertz CT molecular complexity index is 626. The SMILES string of the molecule is NC(=O)c1ccc(Oc2cc(F)cc(Br)c2)c(N)c1. The fourth-order valence-corrected chi connectivity index (χ4v) is 1.95. The van der Waals surface area contributed by atoms with Crippen LogP contribution in [-0.4, -0.2) is 5.91 Å². The highest BCUT2D eigenvalue weighted by Gasteiger charge is 2.08. The Balaban J connectivity index is 2.30. The molecule has 2 aromatic carbocycles. The van der Waals surface area contributed by atoms with E-state index in [9.17, 15) is 9.18 Å². The van der Waals surface area contributed by atoms with Gasteiger partial charge in [-0.2, -0.15) is 0 Å². The highest BCUT2D eigenvalue weighted by Crippen LogP contribution is 2.30. The molecule has 0 aliphatic carbocycles. The predicted molar refractivity (Wildman–Crippen MR) is 73.5 cm³/mol. The zero-order chi connectivity index (χ0) is 14.0. The zero-order valence-corrected chi connectivity index (χ0v) is 11.3. The van der Waals surface area contributed by atoms with Gasteiger partial charge in [-0.1, -0.05) is 15.9 Å². The average molecular weight is 325 g/mol. The van der Waals surface area contributed by atoms with E-state index in [1.807, 2.05) is 0 Å². The summed E-state index contributed by atoms with van der Waals surface area (Å²) in [7, 11) is 0. The van der Waals surface area contributed by atoms with Gasteiger partial charge in [-0.15, -0.1) is 0 Å². The zero-order valence-electron chi connectivity index (χ0n) is 9.69. The van der Waals surface area contributed by atoms with E-state index >= 15 is 0 Å². The molecule has 0 bridgehead atoms. The molecule has 19 heavy (non-hydrogen) atoms. The van der Waals surface area contributed by atoms with Gasteiger partial charge in [0.05, 0.1) is 5.69 Å². The van der Waals surface area contributed by atoms with Crippen LogP contribution in [0.15, 0.2) is 40.9 Å². The first-order chi connectivity index (χ1) is 8.95. The Morgan fingerprint density at radius 3 is 2.53 bits per heavy atom. The van der Waals surface area contributed by atoms with E-state index < -0.39 is 11.7 Å². The number of hydrogen-bond donors (Lipinski definition) is 2. The van der Waals surface area contributed by atoms with E-state index in [0.29, 0.717) is 16.0 Å². The molecule has 6 heteroatoms. The molecule has 0 saturated heterocycles. The Hall–Kier alpha value is -2.08. The summed E-state index contributed by atoms with van der Waals surface area (Å²) in [4.78, 5) is 11.0. The van der Waals surface area contributed by atoms with Crippen LogP contribution in [0.3, 0.4) is 0 Å². The molecule has 0 aliphatic rings. The molecule has 4 N–H and O–H groups in total. The molecule has 0 atom stereocenters. The number of rotatable bonds is 3. The van der Waals surface area contributed by atoms with Crippen molar-refractivity contribution in [3.05, 3.63) is 52.3 Å². The lowest BCUT2D eigenvalue weighted by Crippen LogP contribution is -2.11. The van der Waals surface area contributed by atoms with Crippen LogP contribution in [-0.2, 0) is 0 Å². The average Bonchev–Trinajstić information content (AvgIpc) is 2.30. The van der Waals surface area contributed by atoms with Crippen molar-refractivity contribution in [2.24, 2.45) is 5.73 Å². The van der Waals surface area contributed by atoms with Gasteiger partial charge in [0.15, 0.2) is 0 Å². The topological polar surface area (TPSA) is 78.3 Å². The Labute approximate surface area is 117 Å². The summed E-state index contributed by atoms with van der Waals surface area (Å²) in [5, 5.41) is 0. The number of carbonyl (C=O) groups is 1. The predicted octanol–water partition coefficient (Wildman–Crippen LogP) is 3.06. The molecule has 98 valence electrons. The number of nitrogen functional groups attached to an aromatic ring is 1. The molecule has 0 saturated carbocycles. The van der Waals surface area contributed by atoms with E-state index in [1.165, 1.54) is 30.3 Å². The van der Waals surface area contributed by atoms with Crippen molar-refractivity contribution in [3.8, 4) is 11.5 Å². The number of primary amides is 1. The Kier molecular flexibility index (Phi) is 3.71. The lowest BCUT2D eigenvalue weighted by atomic mass is 10.2. The summed E-state index contributed by atoms with van der Waals surface area (Å²) >= 11 is 3.16. The van der Waals surface area contributed by atoms with Gasteiger partial charge in [-0.05, 0) is 30.3 Å². The third-order valence-electron chi connectivity index (χ3n) is 2.36. The van der Waals surface area contributed by atoms with Crippen molar-refractivity contribution >= 4 is 27.5 Å². The molecular weight excluding hydrogens is 315 g/mol. The summed E-state index contributed by atoms with van der Waals surface area (Å²) in [6.45, 7) is 0. The number of carbonyl (C=O) groups excluding carboxylic acids is 1. The maximum absolute atomic E-state index is 13.2. The van der Waals surface area contributed by atoms with Crippen LogP contribution in [0.4, 0.5) is 10.1 Å². The minimum atomic E-state index is -0.577. The van der Waals surface area contributed by atoms with Crippen molar-refractivity contribution in [1.82, 2.24) is 0 Å². The smallest absolute Gasteiger partial charge is 0.248 e. The van der Waals surface area contributed by atoms with Crippen molar-refractivity contribution in [1.29, 1.82) is 0 Å². The first-order valence-electron chi connectivity index (χ1n) is 5.29. The summed E-state index contributed by atoms with van der Waals surface area (Å²) in [6, 6.07) is 8.55. The van der Waals surface area contributed by atoms with Gasteiger partial charge in [-0.3, -0.25) is 4.79 Å². The molecule has 0 radical (unpaired) electrons. The summed E-state index contributed by atoms with van der Waals surface area (Å²) in [6.07, 6.45) is 0. The standard InChI is InChI=1S/C13H10BrFN2O2/c14-8-4-9(15)6-10(5-8)19-12-2-1-7(13(17)18)3-11(12)16/h1-6H,16H2,(H2,17,18). The number of benzene rings is 2. The van der Waals surface area contributed by atoms with Crippen LogP contribution in [0.5, 0.6) is 11.5 Å². The van der Waals surface area contributed by atoms with E-state index in [1.54, 1.807) is 6.07 Å². The molecule has 1 amide bonds. The molecule has 2 rings (SSSR count). The second kappa shape index (κ2) is 5.27. The van der Waals surface area contributed by atoms with E-state index in [4.69, 9.17) is 16.2 Å². The fraction of sp³-hybridized carbons (Fsp3) is 0. The first-order valence-corrected chi connectivity index (χ1v) is 6.08. The number of nitrogens with two attached hydrogens (primary N) is 2. The molecule has 0 aromatic heterocycles. The molecule has 2 aromatic rings. The van der Waals surface area contributed by atoms with E-state index in [0.717, 1.165) is 0 Å². The summed E-state index contributed by atoms with van der Waals surface area (Å²) in [5.41, 5.74) is 11.4. The monoisotopic (exact) mass is 324 g/mol. The number of amides is 1. The molecular formula is C13H10BrFN2O2. The van der Waals surface area contributed by atoms with Crippen molar-refractivity contribution < 1.29 is 13.9 Å². The number of ether oxygens (including phenoxy) is 1. The number of anilines is 1. The van der Waals surface area contributed by atoms with Crippen molar-refractivity contribution in [2.75, 3.05) is 5.73 Å². The first kappa shape index (κ1) is 13.4. The van der Waals surface area contributed by atoms with Gasteiger partial charge >= 0.3 is 0 Å². The van der Waals surface area contributed by atoms with E-state index in [2.05, 4.69) is 15.9 Å². The van der Waals surface area contributed by atoms with Gasteiger partial charge in [0.25, 0.3) is 0 Å². The van der Waals surface area contributed by atoms with Gasteiger partial charge < -0.3 is 16.2 Å². The van der Waals surface area contributed by atoms with Gasteiger partial charge in [0.2, 0.25) is 5.91 Å². The van der Waals surface area contributed by atoms with Gasteiger partial charge in [-0.25, -0.2) is 4.39 Å². The minimum Gasteiger partial charge on any atom is -0.455 e. The number of halogens is 2. The molecule has 0 aliphatic heterocycles. The molecule has 4 nitrogen and oxygen atoms in total. The second-order valence-electron chi connectivity index (χ2n) is 3.82. The molecule has 0 heterocycles. The summed E-state index contributed by atoms with van der Waals surface area (Å²) in [5.74, 6) is -0.392. The normalized spacial score (nSPS) is 10.2. The van der Waals surface area contributed by atoms with Crippen LogP contribution < -0.4 is 16.2 Å². The van der Waals surface area contributed by atoms with Crippen LogP contribution in [0, 0.1) is 5.82 Å². The quantitative estimate of drug-likeness (QED) is 0.851. The van der Waals surface area contributed by atoms with E-state index in [-0.39, 0.29) is 11.3 Å². The largest absolute Gasteiger partial charge is 0.455 e. The Morgan fingerprint density at radius 1 is 1.21 bits per heavy atom. The highest BCUT2D eigenvalue weighted by atomic mass is 79.9. The molecule has 0 unspecified atom stereocenters. The van der Waals surface area contributed by atoms with Crippen LogP contribution >= 0.6 is 15.9 Å². The van der Waals surface area contributed by atoms with Crippen LogP contribution in [0.2, 0.25) is 0 Å². The van der Waals surface area contributed by atoms with Crippen molar-refractivity contribution in [2.45, 2.75) is 0 Å². The molecule has 0 fully saturated rings. The third-order valence-corrected chi connectivity index (χ3v) is 2.82. The van der Waals surface area contributed by atoms with Gasteiger partial charge in [0.1, 0.15) is 17.3 Å². The lowest BCUT2D eigenvalue weighted by molar-refractivity contribution is 0.100. The van der Waals surface area contributed by atoms with Crippen LogP contribution in [0.25, 0.3) is 0 Å². The minimum absolute atomic E-state index is 0.247. The fourth-order valence-electron chi connectivity index (χ4n) is 1.51. The van der Waals surface area contributed by atoms with Gasteiger partial charge in [0, 0.05) is 16.1 Å². The molecule has 0 spiro atoms. The summed E-state index contributed by atoms with van der Waals surface area (Å²) < 4.78 is 19.2.